The van der Waals surface area contributed by atoms with Gasteiger partial charge in [-0.2, -0.15) is 0 Å². The van der Waals surface area contributed by atoms with Crippen molar-refractivity contribution in [3.8, 4) is 0 Å². The van der Waals surface area contributed by atoms with Gasteiger partial charge in [0, 0.05) is 12.5 Å². The molecule has 0 aromatic rings. The van der Waals surface area contributed by atoms with Gasteiger partial charge in [-0.25, -0.2) is 0 Å². The summed E-state index contributed by atoms with van der Waals surface area (Å²) in [5.41, 5.74) is 0.111. The van der Waals surface area contributed by atoms with Crippen molar-refractivity contribution in [2.45, 2.75) is 38.7 Å². The zero-order valence-corrected chi connectivity index (χ0v) is 11.7. The number of hydrogen-bond donors (Lipinski definition) is 0. The fourth-order valence-electron chi connectivity index (χ4n) is 4.42. The molecular formula is C15H22O4. The van der Waals surface area contributed by atoms with Crippen LogP contribution >= 0.6 is 0 Å². The van der Waals surface area contributed by atoms with E-state index >= 15 is 0 Å². The second-order valence-electron chi connectivity index (χ2n) is 6.31. The molecule has 1 saturated heterocycles. The molecule has 1 heterocycles. The lowest BCUT2D eigenvalue weighted by Crippen LogP contribution is -2.56. The largest absolute Gasteiger partial charge is 0.465 e. The maximum atomic E-state index is 11.6. The Bertz CT molecular complexity index is 405. The molecule has 0 aromatic carbocycles. The third-order valence-electron chi connectivity index (χ3n) is 5.50. The van der Waals surface area contributed by atoms with E-state index in [1.165, 1.54) is 0 Å². The second kappa shape index (κ2) is 4.60. The van der Waals surface area contributed by atoms with Crippen molar-refractivity contribution in [2.75, 3.05) is 20.5 Å². The first-order chi connectivity index (χ1) is 9.12. The van der Waals surface area contributed by atoms with Gasteiger partial charge in [-0.15, -0.1) is 0 Å². The Morgan fingerprint density at radius 3 is 3.16 bits per heavy atom. The van der Waals surface area contributed by atoms with Crippen molar-refractivity contribution >= 4 is 5.97 Å². The number of carbonyl (C=O) groups is 1. The van der Waals surface area contributed by atoms with Gasteiger partial charge in [0.25, 0.3) is 0 Å². The molecule has 0 amide bonds. The maximum absolute atomic E-state index is 11.6. The van der Waals surface area contributed by atoms with Crippen LogP contribution in [-0.2, 0) is 19.0 Å². The van der Waals surface area contributed by atoms with Crippen LogP contribution in [0.15, 0.2) is 12.2 Å². The second-order valence-corrected chi connectivity index (χ2v) is 6.31. The average Bonchev–Trinajstić information content (AvgIpc) is 2.68. The van der Waals surface area contributed by atoms with Crippen molar-refractivity contribution < 1.29 is 19.0 Å². The Hall–Kier alpha value is -0.870. The molecule has 4 heteroatoms. The Morgan fingerprint density at radius 1 is 1.53 bits per heavy atom. The molecule has 1 aliphatic heterocycles. The lowest BCUT2D eigenvalue weighted by atomic mass is 9.54. The molecule has 1 saturated carbocycles. The Labute approximate surface area is 114 Å². The first-order valence-corrected chi connectivity index (χ1v) is 7.05. The fourth-order valence-corrected chi connectivity index (χ4v) is 4.42. The SMILES string of the molecule is COCO[C@H]1CC[C@@]2(C)CC=C[C@@H]3CC(=O)OC[C@]312. The number of methoxy groups -OCH3 is 1. The molecule has 4 atom stereocenters. The number of hydrogen-bond acceptors (Lipinski definition) is 4. The minimum atomic E-state index is -0.0816. The van der Waals surface area contributed by atoms with Crippen LogP contribution in [0.1, 0.15) is 32.6 Å². The molecule has 0 aromatic heterocycles. The summed E-state index contributed by atoms with van der Waals surface area (Å²) in [6, 6.07) is 0. The molecule has 0 radical (unpaired) electrons. The summed E-state index contributed by atoms with van der Waals surface area (Å²) in [6.45, 7) is 3.12. The van der Waals surface area contributed by atoms with Crippen LogP contribution in [0.4, 0.5) is 0 Å². The highest BCUT2D eigenvalue weighted by atomic mass is 16.7. The molecule has 0 unspecified atom stereocenters. The third-order valence-corrected chi connectivity index (χ3v) is 5.50. The number of ether oxygens (including phenoxy) is 3. The highest BCUT2D eigenvalue weighted by Crippen LogP contribution is 2.64. The standard InChI is InChI=1S/C15H22O4/c1-14-6-3-4-11-8-13(16)18-9-15(11,14)12(5-7-14)19-10-17-2/h3-4,11-12H,5-10H2,1-2H3/t11-,12+,14-,15+/m1/s1. The summed E-state index contributed by atoms with van der Waals surface area (Å²) in [4.78, 5) is 11.6. The van der Waals surface area contributed by atoms with Crippen LogP contribution in [0, 0.1) is 16.7 Å². The van der Waals surface area contributed by atoms with Crippen molar-refractivity contribution in [1.82, 2.24) is 0 Å². The molecule has 0 bridgehead atoms. The highest BCUT2D eigenvalue weighted by molar-refractivity contribution is 5.71. The van der Waals surface area contributed by atoms with Crippen molar-refractivity contribution in [3.63, 3.8) is 0 Å². The third kappa shape index (κ3) is 1.77. The molecule has 4 nitrogen and oxygen atoms in total. The fraction of sp³-hybridized carbons (Fsp3) is 0.800. The maximum Gasteiger partial charge on any atom is 0.306 e. The normalized spacial score (nSPS) is 44.6. The van der Waals surface area contributed by atoms with Gasteiger partial charge in [0.2, 0.25) is 0 Å². The van der Waals surface area contributed by atoms with Crippen LogP contribution < -0.4 is 0 Å². The minimum Gasteiger partial charge on any atom is -0.465 e. The molecule has 2 aliphatic carbocycles. The summed E-state index contributed by atoms with van der Waals surface area (Å²) < 4.78 is 16.4. The summed E-state index contributed by atoms with van der Waals surface area (Å²) >= 11 is 0. The van der Waals surface area contributed by atoms with Crippen LogP contribution in [0.25, 0.3) is 0 Å². The lowest BCUT2D eigenvalue weighted by molar-refractivity contribution is -0.195. The van der Waals surface area contributed by atoms with E-state index in [1.807, 2.05) is 0 Å². The lowest BCUT2D eigenvalue weighted by Gasteiger charge is -2.53. The number of carbonyl (C=O) groups excluding carboxylic acids is 1. The average molecular weight is 266 g/mol. The number of cyclic esters (lactones) is 1. The predicted molar refractivity (Wildman–Crippen MR) is 69.3 cm³/mol. The minimum absolute atomic E-state index is 0.0613. The Morgan fingerprint density at radius 2 is 2.37 bits per heavy atom. The van der Waals surface area contributed by atoms with E-state index in [-0.39, 0.29) is 28.8 Å². The molecule has 19 heavy (non-hydrogen) atoms. The van der Waals surface area contributed by atoms with Crippen molar-refractivity contribution in [2.24, 2.45) is 16.7 Å². The molecule has 1 spiro atoms. The quantitative estimate of drug-likeness (QED) is 0.446. The number of allylic oxidation sites excluding steroid dienone is 2. The van der Waals surface area contributed by atoms with Crippen LogP contribution in [0.3, 0.4) is 0 Å². The first kappa shape index (κ1) is 13.1. The zero-order valence-electron chi connectivity index (χ0n) is 11.7. The molecule has 2 fully saturated rings. The first-order valence-electron chi connectivity index (χ1n) is 7.05. The summed E-state index contributed by atoms with van der Waals surface area (Å²) in [5, 5.41) is 0. The summed E-state index contributed by atoms with van der Waals surface area (Å²) in [7, 11) is 1.64. The van der Waals surface area contributed by atoms with Gasteiger partial charge in [0.15, 0.2) is 0 Å². The van der Waals surface area contributed by atoms with E-state index < -0.39 is 0 Å². The Kier molecular flexibility index (Phi) is 3.18. The highest BCUT2D eigenvalue weighted by Gasteiger charge is 2.64. The molecular weight excluding hydrogens is 244 g/mol. The number of rotatable bonds is 3. The predicted octanol–water partition coefficient (Wildman–Crippen LogP) is 2.29. The summed E-state index contributed by atoms with van der Waals surface area (Å²) in [6.07, 6.45) is 8.25. The molecule has 0 N–H and O–H groups in total. The van der Waals surface area contributed by atoms with Crippen LogP contribution in [0.5, 0.6) is 0 Å². The Balaban J connectivity index is 1.95. The van der Waals surface area contributed by atoms with Gasteiger partial charge < -0.3 is 14.2 Å². The van der Waals surface area contributed by atoms with E-state index in [9.17, 15) is 4.79 Å². The summed E-state index contributed by atoms with van der Waals surface area (Å²) in [5.74, 6) is 0.166. The smallest absolute Gasteiger partial charge is 0.306 e. The topological polar surface area (TPSA) is 44.8 Å². The van der Waals surface area contributed by atoms with Gasteiger partial charge in [-0.05, 0) is 30.6 Å². The zero-order chi connectivity index (χ0) is 13.5. The van der Waals surface area contributed by atoms with Gasteiger partial charge in [0.1, 0.15) is 13.4 Å². The number of esters is 1. The van der Waals surface area contributed by atoms with Crippen LogP contribution in [0.2, 0.25) is 0 Å². The van der Waals surface area contributed by atoms with E-state index in [0.717, 1.165) is 19.3 Å². The van der Waals surface area contributed by atoms with E-state index in [0.29, 0.717) is 19.8 Å². The van der Waals surface area contributed by atoms with Gasteiger partial charge in [-0.1, -0.05) is 19.1 Å². The van der Waals surface area contributed by atoms with Crippen LogP contribution in [-0.4, -0.2) is 32.6 Å². The monoisotopic (exact) mass is 266 g/mol. The molecule has 3 aliphatic rings. The molecule has 3 rings (SSSR count). The van der Waals surface area contributed by atoms with E-state index in [1.54, 1.807) is 7.11 Å². The van der Waals surface area contributed by atoms with Crippen molar-refractivity contribution in [1.29, 1.82) is 0 Å². The van der Waals surface area contributed by atoms with Gasteiger partial charge in [-0.3, -0.25) is 4.79 Å². The van der Waals surface area contributed by atoms with Gasteiger partial charge in [0.05, 0.1) is 12.5 Å². The van der Waals surface area contributed by atoms with Gasteiger partial charge >= 0.3 is 5.97 Å². The van der Waals surface area contributed by atoms with E-state index in [4.69, 9.17) is 14.2 Å². The van der Waals surface area contributed by atoms with E-state index in [2.05, 4.69) is 19.1 Å². The molecule has 106 valence electrons. The van der Waals surface area contributed by atoms with Crippen molar-refractivity contribution in [3.05, 3.63) is 12.2 Å².